The Kier molecular flexibility index (Phi) is 2.28. The molecule has 0 saturated carbocycles. The lowest BCUT2D eigenvalue weighted by molar-refractivity contribution is -0.138. The molecular weight excluding hydrogens is 156 g/mol. The van der Waals surface area contributed by atoms with E-state index in [1.807, 2.05) is 0 Å². The van der Waals surface area contributed by atoms with Crippen molar-refractivity contribution in [2.24, 2.45) is 0 Å². The van der Waals surface area contributed by atoms with Crippen LogP contribution in [0.25, 0.3) is 0 Å². The Morgan fingerprint density at radius 2 is 2.33 bits per heavy atom. The van der Waals surface area contributed by atoms with Gasteiger partial charge >= 0.3 is 5.97 Å². The average molecular weight is 166 g/mol. The first-order valence-electron chi connectivity index (χ1n) is 3.56. The number of hydrogen-bond donors (Lipinski definition) is 2. The number of carboxylic acids is 1. The number of nitrogen functional groups attached to an aromatic ring is 1. The Hall–Kier alpha value is -1.58. The number of rotatable bonds is 2. The molecule has 1 unspecified atom stereocenters. The Morgan fingerprint density at radius 3 is 2.83 bits per heavy atom. The highest BCUT2D eigenvalue weighted by Crippen LogP contribution is 2.13. The van der Waals surface area contributed by atoms with E-state index < -0.39 is 11.9 Å². The predicted molar refractivity (Wildman–Crippen MR) is 44.7 cm³/mol. The van der Waals surface area contributed by atoms with Gasteiger partial charge in [0.25, 0.3) is 0 Å². The molecule has 3 N–H and O–H groups in total. The van der Waals surface area contributed by atoms with Gasteiger partial charge in [0.15, 0.2) is 0 Å². The number of hydrogen-bond acceptors (Lipinski definition) is 3. The molecule has 1 heterocycles. The maximum absolute atomic E-state index is 10.5. The molecule has 0 radical (unpaired) electrons. The zero-order valence-electron chi connectivity index (χ0n) is 6.69. The fourth-order valence-corrected chi connectivity index (χ4v) is 0.837. The van der Waals surface area contributed by atoms with Gasteiger partial charge in [-0.15, -0.1) is 0 Å². The largest absolute Gasteiger partial charge is 0.481 e. The van der Waals surface area contributed by atoms with Crippen molar-refractivity contribution < 1.29 is 9.90 Å². The van der Waals surface area contributed by atoms with Crippen molar-refractivity contribution in [1.82, 2.24) is 4.98 Å². The van der Waals surface area contributed by atoms with Crippen molar-refractivity contribution in [3.05, 3.63) is 23.9 Å². The molecule has 4 nitrogen and oxygen atoms in total. The highest BCUT2D eigenvalue weighted by Gasteiger charge is 2.14. The van der Waals surface area contributed by atoms with Gasteiger partial charge in [-0.25, -0.2) is 4.98 Å². The zero-order chi connectivity index (χ0) is 9.14. The first kappa shape index (κ1) is 8.52. The predicted octanol–water partition coefficient (Wildman–Crippen LogP) is 0.852. The van der Waals surface area contributed by atoms with E-state index in [4.69, 9.17) is 10.8 Å². The molecule has 1 rings (SSSR count). The van der Waals surface area contributed by atoms with Crippen LogP contribution in [0.5, 0.6) is 0 Å². The average Bonchev–Trinajstić information content (AvgIpc) is 2.03. The number of nitrogens with two attached hydrogens (primary N) is 1. The first-order valence-corrected chi connectivity index (χ1v) is 3.56. The molecule has 0 aliphatic heterocycles. The smallest absolute Gasteiger partial charge is 0.312 e. The van der Waals surface area contributed by atoms with Gasteiger partial charge in [0.1, 0.15) is 5.82 Å². The van der Waals surface area contributed by atoms with Gasteiger partial charge < -0.3 is 10.8 Å². The lowest BCUT2D eigenvalue weighted by atomic mass is 10.1. The fourth-order valence-electron chi connectivity index (χ4n) is 0.837. The molecular formula is C8H10N2O2. The van der Waals surface area contributed by atoms with E-state index in [0.29, 0.717) is 11.5 Å². The molecule has 0 aliphatic rings. The van der Waals surface area contributed by atoms with Crippen molar-refractivity contribution >= 4 is 11.8 Å². The van der Waals surface area contributed by atoms with E-state index in [-0.39, 0.29) is 0 Å². The zero-order valence-corrected chi connectivity index (χ0v) is 6.69. The maximum atomic E-state index is 10.5. The van der Waals surface area contributed by atoms with Crippen LogP contribution in [0.1, 0.15) is 18.5 Å². The third-order valence-corrected chi connectivity index (χ3v) is 1.61. The molecule has 1 aromatic rings. The molecule has 1 atom stereocenters. The fraction of sp³-hybridized carbons (Fsp3) is 0.250. The Morgan fingerprint density at radius 1 is 1.67 bits per heavy atom. The van der Waals surface area contributed by atoms with E-state index in [1.54, 1.807) is 25.1 Å². The first-order chi connectivity index (χ1) is 5.61. The molecule has 12 heavy (non-hydrogen) atoms. The minimum atomic E-state index is -0.895. The summed E-state index contributed by atoms with van der Waals surface area (Å²) in [6.45, 7) is 1.57. The molecule has 0 bridgehead atoms. The summed E-state index contributed by atoms with van der Waals surface area (Å²) in [7, 11) is 0. The second-order valence-corrected chi connectivity index (χ2v) is 2.55. The quantitative estimate of drug-likeness (QED) is 0.682. The van der Waals surface area contributed by atoms with Crippen LogP contribution in [-0.2, 0) is 4.79 Å². The Bertz CT molecular complexity index is 299. The number of nitrogens with zero attached hydrogens (tertiary/aromatic N) is 1. The summed E-state index contributed by atoms with van der Waals surface area (Å²) in [4.78, 5) is 14.4. The van der Waals surface area contributed by atoms with Crippen LogP contribution in [0.15, 0.2) is 18.2 Å². The molecule has 1 aromatic heterocycles. The van der Waals surface area contributed by atoms with E-state index in [9.17, 15) is 4.79 Å². The van der Waals surface area contributed by atoms with Crippen molar-refractivity contribution in [1.29, 1.82) is 0 Å². The third kappa shape index (κ3) is 1.72. The Labute approximate surface area is 70.0 Å². The van der Waals surface area contributed by atoms with Gasteiger partial charge in [-0.1, -0.05) is 6.07 Å². The van der Waals surface area contributed by atoms with Gasteiger partial charge in [0.2, 0.25) is 0 Å². The summed E-state index contributed by atoms with van der Waals surface area (Å²) < 4.78 is 0. The molecule has 0 aromatic carbocycles. The molecule has 0 spiro atoms. The van der Waals surface area contributed by atoms with Crippen molar-refractivity contribution in [2.75, 3.05) is 5.73 Å². The van der Waals surface area contributed by atoms with Crippen molar-refractivity contribution in [3.8, 4) is 0 Å². The van der Waals surface area contributed by atoms with Gasteiger partial charge in [-0.2, -0.15) is 0 Å². The lowest BCUT2D eigenvalue weighted by Crippen LogP contribution is -2.09. The number of pyridine rings is 1. The van der Waals surface area contributed by atoms with Gasteiger partial charge in [-0.3, -0.25) is 4.79 Å². The van der Waals surface area contributed by atoms with Crippen LogP contribution >= 0.6 is 0 Å². The normalized spacial score (nSPS) is 12.4. The molecule has 0 fully saturated rings. The Balaban J connectivity index is 2.95. The van der Waals surface area contributed by atoms with Crippen LogP contribution in [0.4, 0.5) is 5.82 Å². The lowest BCUT2D eigenvalue weighted by Gasteiger charge is -2.04. The van der Waals surface area contributed by atoms with Crippen LogP contribution in [0.3, 0.4) is 0 Å². The van der Waals surface area contributed by atoms with Crippen LogP contribution in [0.2, 0.25) is 0 Å². The summed E-state index contributed by atoms with van der Waals surface area (Å²) in [6.07, 6.45) is 0. The number of carboxylic acid groups (broad SMARTS) is 1. The highest BCUT2D eigenvalue weighted by atomic mass is 16.4. The standard InChI is InChI=1S/C8H10N2O2/c1-5(8(11)12)6-3-2-4-7(9)10-6/h2-5H,1H3,(H2,9,10)(H,11,12). The monoisotopic (exact) mass is 166 g/mol. The number of aliphatic carboxylic acids is 1. The van der Waals surface area contributed by atoms with Crippen LogP contribution in [0, 0.1) is 0 Å². The van der Waals surface area contributed by atoms with Crippen molar-refractivity contribution in [3.63, 3.8) is 0 Å². The summed E-state index contributed by atoms with van der Waals surface area (Å²) in [5.41, 5.74) is 5.88. The van der Waals surface area contributed by atoms with E-state index >= 15 is 0 Å². The van der Waals surface area contributed by atoms with E-state index in [1.165, 1.54) is 0 Å². The minimum absolute atomic E-state index is 0.348. The number of aromatic nitrogens is 1. The van der Waals surface area contributed by atoms with Gasteiger partial charge in [0.05, 0.1) is 11.6 Å². The SMILES string of the molecule is CC(C(=O)O)c1cccc(N)n1. The summed E-state index contributed by atoms with van der Waals surface area (Å²) in [6, 6.07) is 4.96. The highest BCUT2D eigenvalue weighted by molar-refractivity contribution is 5.74. The summed E-state index contributed by atoms with van der Waals surface area (Å²) in [5.74, 6) is -1.15. The molecule has 0 saturated heterocycles. The maximum Gasteiger partial charge on any atom is 0.312 e. The number of carbonyl (C=O) groups is 1. The molecule has 4 heteroatoms. The van der Waals surface area contributed by atoms with Gasteiger partial charge in [-0.05, 0) is 19.1 Å². The van der Waals surface area contributed by atoms with Crippen LogP contribution in [-0.4, -0.2) is 16.1 Å². The third-order valence-electron chi connectivity index (χ3n) is 1.61. The van der Waals surface area contributed by atoms with Gasteiger partial charge in [0, 0.05) is 0 Å². The molecule has 0 aliphatic carbocycles. The van der Waals surface area contributed by atoms with Crippen LogP contribution < -0.4 is 5.73 Å². The topological polar surface area (TPSA) is 76.2 Å². The summed E-state index contributed by atoms with van der Waals surface area (Å²) in [5, 5.41) is 8.65. The molecule has 0 amide bonds. The second-order valence-electron chi connectivity index (χ2n) is 2.55. The van der Waals surface area contributed by atoms with Crippen molar-refractivity contribution in [2.45, 2.75) is 12.8 Å². The second kappa shape index (κ2) is 3.21. The summed E-state index contributed by atoms with van der Waals surface area (Å²) >= 11 is 0. The number of anilines is 1. The van der Waals surface area contributed by atoms with E-state index in [0.717, 1.165) is 0 Å². The molecule has 64 valence electrons. The minimum Gasteiger partial charge on any atom is -0.481 e. The van der Waals surface area contributed by atoms with E-state index in [2.05, 4.69) is 4.98 Å².